The van der Waals surface area contributed by atoms with Gasteiger partial charge in [-0.25, -0.2) is 8.42 Å². The first kappa shape index (κ1) is 18.9. The first-order chi connectivity index (χ1) is 12.9. The molecule has 0 aliphatic carbocycles. The number of aromatic nitrogens is 3. The van der Waals surface area contributed by atoms with Gasteiger partial charge in [0.05, 0.1) is 18.5 Å². The van der Waals surface area contributed by atoms with Gasteiger partial charge in [-0.2, -0.15) is 5.10 Å². The SMILES string of the molecule is COc1ccc(N(CCc2ccccn2)S(=O)(=O)c2cn(C)nc2C)cc1. The van der Waals surface area contributed by atoms with Crippen LogP contribution in [0.15, 0.2) is 59.8 Å². The molecular weight excluding hydrogens is 364 g/mol. The van der Waals surface area contributed by atoms with Crippen LogP contribution in [-0.4, -0.2) is 36.8 Å². The van der Waals surface area contributed by atoms with Gasteiger partial charge >= 0.3 is 0 Å². The lowest BCUT2D eigenvalue weighted by Gasteiger charge is -2.24. The van der Waals surface area contributed by atoms with Gasteiger partial charge in [0.2, 0.25) is 0 Å². The average Bonchev–Trinajstić information content (AvgIpc) is 3.02. The van der Waals surface area contributed by atoms with E-state index in [1.807, 2.05) is 18.2 Å². The van der Waals surface area contributed by atoms with Crippen LogP contribution in [0, 0.1) is 6.92 Å². The number of aryl methyl sites for hydroxylation is 2. The summed E-state index contributed by atoms with van der Waals surface area (Å²) < 4.78 is 34.8. The molecule has 0 bridgehead atoms. The maximum absolute atomic E-state index is 13.4. The Kier molecular flexibility index (Phi) is 5.46. The van der Waals surface area contributed by atoms with Crippen LogP contribution < -0.4 is 9.04 Å². The summed E-state index contributed by atoms with van der Waals surface area (Å²) in [6.07, 6.45) is 3.72. The number of pyridine rings is 1. The predicted octanol–water partition coefficient (Wildman–Crippen LogP) is 2.57. The minimum Gasteiger partial charge on any atom is -0.497 e. The van der Waals surface area contributed by atoms with Crippen LogP contribution in [0.25, 0.3) is 0 Å². The molecule has 0 aliphatic rings. The van der Waals surface area contributed by atoms with Gasteiger partial charge in [-0.3, -0.25) is 14.0 Å². The zero-order valence-electron chi connectivity index (χ0n) is 15.5. The molecule has 0 unspecified atom stereocenters. The van der Waals surface area contributed by atoms with Gasteiger partial charge in [0.1, 0.15) is 10.6 Å². The van der Waals surface area contributed by atoms with Crippen LogP contribution >= 0.6 is 0 Å². The molecule has 0 saturated carbocycles. The van der Waals surface area contributed by atoms with Gasteiger partial charge in [0.15, 0.2) is 0 Å². The number of hydrogen-bond donors (Lipinski definition) is 0. The summed E-state index contributed by atoms with van der Waals surface area (Å²) >= 11 is 0. The van der Waals surface area contributed by atoms with Gasteiger partial charge < -0.3 is 4.74 Å². The maximum Gasteiger partial charge on any atom is 0.267 e. The van der Waals surface area contributed by atoms with Crippen molar-refractivity contribution in [1.29, 1.82) is 0 Å². The van der Waals surface area contributed by atoms with Crippen molar-refractivity contribution in [3.8, 4) is 5.75 Å². The van der Waals surface area contributed by atoms with Crippen LogP contribution in [0.4, 0.5) is 5.69 Å². The van der Waals surface area contributed by atoms with Crippen LogP contribution in [-0.2, 0) is 23.5 Å². The van der Waals surface area contributed by atoms with Gasteiger partial charge in [0.25, 0.3) is 10.0 Å². The monoisotopic (exact) mass is 386 g/mol. The molecule has 0 spiro atoms. The Labute approximate surface area is 159 Å². The number of sulfonamides is 1. The number of benzene rings is 1. The molecule has 3 rings (SSSR count). The molecule has 8 heteroatoms. The Hall–Kier alpha value is -2.87. The summed E-state index contributed by atoms with van der Waals surface area (Å²) in [6, 6.07) is 12.6. The highest BCUT2D eigenvalue weighted by Crippen LogP contribution is 2.27. The molecule has 2 heterocycles. The number of nitrogens with zero attached hydrogens (tertiary/aromatic N) is 4. The second-order valence-electron chi connectivity index (χ2n) is 6.10. The lowest BCUT2D eigenvalue weighted by molar-refractivity contribution is 0.415. The second-order valence-corrected chi connectivity index (χ2v) is 7.93. The molecule has 0 saturated heterocycles. The highest BCUT2D eigenvalue weighted by Gasteiger charge is 2.28. The first-order valence-corrected chi connectivity index (χ1v) is 9.93. The van der Waals surface area contributed by atoms with E-state index in [0.717, 1.165) is 5.69 Å². The standard InChI is InChI=1S/C19H22N4O3S/c1-15-19(14-22(2)21-15)27(24,25)23(13-11-16-6-4-5-12-20-16)17-7-9-18(26-3)10-8-17/h4-10,12,14H,11,13H2,1-3H3. The molecule has 7 nitrogen and oxygen atoms in total. The van der Waals surface area contributed by atoms with Crippen molar-refractivity contribution in [2.24, 2.45) is 7.05 Å². The third-order valence-electron chi connectivity index (χ3n) is 4.19. The number of methoxy groups -OCH3 is 1. The van der Waals surface area contributed by atoms with Crippen molar-refractivity contribution in [2.75, 3.05) is 18.0 Å². The molecule has 0 amide bonds. The van der Waals surface area contributed by atoms with Crippen molar-refractivity contribution in [2.45, 2.75) is 18.2 Å². The predicted molar refractivity (Wildman–Crippen MR) is 103 cm³/mol. The van der Waals surface area contributed by atoms with Crippen molar-refractivity contribution in [1.82, 2.24) is 14.8 Å². The summed E-state index contributed by atoms with van der Waals surface area (Å²) in [5.41, 5.74) is 1.86. The van der Waals surface area contributed by atoms with E-state index >= 15 is 0 Å². The Balaban J connectivity index is 1.98. The fraction of sp³-hybridized carbons (Fsp3) is 0.263. The van der Waals surface area contributed by atoms with E-state index in [1.54, 1.807) is 51.5 Å². The summed E-state index contributed by atoms with van der Waals surface area (Å²) in [7, 11) is -0.493. The average molecular weight is 386 g/mol. The van der Waals surface area contributed by atoms with Crippen LogP contribution in [0.5, 0.6) is 5.75 Å². The number of rotatable bonds is 7. The van der Waals surface area contributed by atoms with Crippen LogP contribution in [0.1, 0.15) is 11.4 Å². The second kappa shape index (κ2) is 7.79. The van der Waals surface area contributed by atoms with Crippen LogP contribution in [0.2, 0.25) is 0 Å². The van der Waals surface area contributed by atoms with E-state index in [4.69, 9.17) is 4.74 Å². The van der Waals surface area contributed by atoms with E-state index in [0.29, 0.717) is 23.6 Å². The fourth-order valence-electron chi connectivity index (χ4n) is 2.85. The molecule has 142 valence electrons. The molecular formula is C19H22N4O3S. The molecule has 0 aliphatic heterocycles. The number of anilines is 1. The largest absolute Gasteiger partial charge is 0.497 e. The molecule has 0 atom stereocenters. The Bertz CT molecular complexity index is 999. The van der Waals surface area contributed by atoms with Gasteiger partial charge in [-0.05, 0) is 43.3 Å². The highest BCUT2D eigenvalue weighted by atomic mass is 32.2. The van der Waals surface area contributed by atoms with E-state index in [-0.39, 0.29) is 11.4 Å². The summed E-state index contributed by atoms with van der Waals surface area (Å²) in [4.78, 5) is 4.49. The lowest BCUT2D eigenvalue weighted by atomic mass is 10.2. The van der Waals surface area contributed by atoms with Crippen molar-refractivity contribution in [3.05, 3.63) is 66.2 Å². The Morgan fingerprint density at radius 2 is 1.89 bits per heavy atom. The maximum atomic E-state index is 13.4. The normalized spacial score (nSPS) is 11.4. The first-order valence-electron chi connectivity index (χ1n) is 8.49. The minimum atomic E-state index is -3.77. The van der Waals surface area contributed by atoms with Crippen LogP contribution in [0.3, 0.4) is 0 Å². The summed E-state index contributed by atoms with van der Waals surface area (Å²) in [5, 5.41) is 4.18. The topological polar surface area (TPSA) is 77.3 Å². The number of hydrogen-bond acceptors (Lipinski definition) is 5. The molecule has 3 aromatic rings. The van der Waals surface area contributed by atoms with E-state index in [9.17, 15) is 8.42 Å². The summed E-state index contributed by atoms with van der Waals surface area (Å²) in [5.74, 6) is 0.665. The van der Waals surface area contributed by atoms with Gasteiger partial charge in [-0.1, -0.05) is 6.07 Å². The molecule has 0 fully saturated rings. The molecule has 2 aromatic heterocycles. The third-order valence-corrected chi connectivity index (χ3v) is 6.12. The van der Waals surface area contributed by atoms with Gasteiger partial charge in [-0.15, -0.1) is 0 Å². The summed E-state index contributed by atoms with van der Waals surface area (Å²) in [6.45, 7) is 1.96. The molecule has 1 aromatic carbocycles. The molecule has 0 radical (unpaired) electrons. The Morgan fingerprint density at radius 1 is 1.15 bits per heavy atom. The lowest BCUT2D eigenvalue weighted by Crippen LogP contribution is -2.33. The minimum absolute atomic E-state index is 0.196. The van der Waals surface area contributed by atoms with E-state index in [1.165, 1.54) is 15.2 Å². The quantitative estimate of drug-likeness (QED) is 0.624. The smallest absolute Gasteiger partial charge is 0.267 e. The van der Waals surface area contributed by atoms with E-state index < -0.39 is 10.0 Å². The van der Waals surface area contributed by atoms with Crippen molar-refractivity contribution < 1.29 is 13.2 Å². The number of ether oxygens (including phenoxy) is 1. The fourth-order valence-corrected chi connectivity index (χ4v) is 4.52. The zero-order chi connectivity index (χ0) is 19.4. The van der Waals surface area contributed by atoms with Crippen molar-refractivity contribution >= 4 is 15.7 Å². The zero-order valence-corrected chi connectivity index (χ0v) is 16.3. The Morgan fingerprint density at radius 3 is 2.44 bits per heavy atom. The molecule has 0 N–H and O–H groups in total. The van der Waals surface area contributed by atoms with Crippen molar-refractivity contribution in [3.63, 3.8) is 0 Å². The van der Waals surface area contributed by atoms with Gasteiger partial charge in [0, 0.05) is 38.1 Å². The van der Waals surface area contributed by atoms with E-state index in [2.05, 4.69) is 10.1 Å². The third kappa shape index (κ3) is 4.11. The highest BCUT2D eigenvalue weighted by molar-refractivity contribution is 7.92. The molecule has 27 heavy (non-hydrogen) atoms.